The molecule has 8 nitrogen and oxygen atoms in total. The van der Waals surface area contributed by atoms with E-state index in [4.69, 9.17) is 9.97 Å². The van der Waals surface area contributed by atoms with Crippen LogP contribution in [0, 0.1) is 6.92 Å². The molecule has 0 aliphatic heterocycles. The largest absolute Gasteiger partial charge is 0.391 e. The normalized spacial score (nSPS) is 17.5. The molecule has 34 heavy (non-hydrogen) atoms. The minimum atomic E-state index is -0.440. The minimum absolute atomic E-state index is 0.0724. The van der Waals surface area contributed by atoms with E-state index in [1.807, 2.05) is 62.6 Å². The van der Waals surface area contributed by atoms with Crippen LogP contribution in [0.25, 0.3) is 28.3 Å². The van der Waals surface area contributed by atoms with E-state index in [-0.39, 0.29) is 6.04 Å². The monoisotopic (exact) mass is 451 g/mol. The predicted molar refractivity (Wildman–Crippen MR) is 129 cm³/mol. The topological polar surface area (TPSA) is 95.2 Å². The Balaban J connectivity index is 1.39. The number of nitrogens with one attached hydrogen (secondary N) is 1. The molecule has 5 aromatic rings. The quantitative estimate of drug-likeness (QED) is 0.424. The van der Waals surface area contributed by atoms with Gasteiger partial charge in [0.2, 0.25) is 0 Å². The van der Waals surface area contributed by atoms with Crippen molar-refractivity contribution in [3.8, 4) is 22.6 Å². The first-order valence-electron chi connectivity index (χ1n) is 11.4. The summed E-state index contributed by atoms with van der Waals surface area (Å²) in [5.74, 6) is 0.811. The second-order valence-corrected chi connectivity index (χ2v) is 8.88. The molecule has 0 unspecified atom stereocenters. The molecule has 0 radical (unpaired) electrons. The van der Waals surface area contributed by atoms with E-state index in [9.17, 15) is 5.11 Å². The number of benzene rings is 1. The van der Waals surface area contributed by atoms with E-state index in [2.05, 4.69) is 32.1 Å². The molecule has 1 aliphatic rings. The third-order valence-corrected chi connectivity index (χ3v) is 6.49. The van der Waals surface area contributed by atoms with Gasteiger partial charge in [-0.25, -0.2) is 14.5 Å². The second-order valence-electron chi connectivity index (χ2n) is 8.88. The Labute approximate surface area is 197 Å². The molecule has 2 N–H and O–H groups in total. The van der Waals surface area contributed by atoms with Gasteiger partial charge in [-0.3, -0.25) is 9.88 Å². The lowest BCUT2D eigenvalue weighted by Gasteiger charge is -2.27. The van der Waals surface area contributed by atoms with E-state index >= 15 is 0 Å². The van der Waals surface area contributed by atoms with E-state index in [1.165, 1.54) is 17.5 Å². The summed E-state index contributed by atoms with van der Waals surface area (Å²) in [6.45, 7) is 2.54. The van der Waals surface area contributed by atoms with Gasteiger partial charge in [0.25, 0.3) is 0 Å². The highest BCUT2D eigenvalue weighted by atomic mass is 16.3. The number of pyridine rings is 2. The van der Waals surface area contributed by atoms with Crippen LogP contribution in [0.5, 0.6) is 0 Å². The number of hydrogen-bond donors (Lipinski definition) is 2. The van der Waals surface area contributed by atoms with E-state index in [1.54, 1.807) is 4.52 Å². The number of hydrogen-bond acceptors (Lipinski definition) is 6. The van der Waals surface area contributed by atoms with Crippen LogP contribution in [0.1, 0.15) is 28.7 Å². The van der Waals surface area contributed by atoms with Gasteiger partial charge in [0.15, 0.2) is 5.65 Å². The highest BCUT2D eigenvalue weighted by molar-refractivity contribution is 5.77. The molecular formula is C26H25N7O. The molecule has 2 atom stereocenters. The van der Waals surface area contributed by atoms with Crippen molar-refractivity contribution >= 4 is 5.65 Å². The van der Waals surface area contributed by atoms with Crippen molar-refractivity contribution in [1.82, 2.24) is 34.4 Å². The SMILES string of the molecule is Cc1cccc(-c2[nH]c(CN(C)[C@H]3c4ccccc4C[C@@H]3O)nc2-c2ccc3ncnn3c2)n1. The maximum Gasteiger partial charge on any atom is 0.155 e. The van der Waals surface area contributed by atoms with Crippen LogP contribution in [0.4, 0.5) is 0 Å². The third-order valence-electron chi connectivity index (χ3n) is 6.49. The summed E-state index contributed by atoms with van der Waals surface area (Å²) < 4.78 is 1.75. The van der Waals surface area contributed by atoms with Crippen molar-refractivity contribution in [2.75, 3.05) is 7.05 Å². The van der Waals surface area contributed by atoms with Crippen molar-refractivity contribution in [1.29, 1.82) is 0 Å². The van der Waals surface area contributed by atoms with Gasteiger partial charge < -0.3 is 10.1 Å². The lowest BCUT2D eigenvalue weighted by Crippen LogP contribution is -2.31. The summed E-state index contributed by atoms with van der Waals surface area (Å²) in [6, 6.07) is 18.1. The van der Waals surface area contributed by atoms with Gasteiger partial charge in [0, 0.05) is 23.9 Å². The summed E-state index contributed by atoms with van der Waals surface area (Å²) >= 11 is 0. The number of H-pyrrole nitrogens is 1. The zero-order chi connectivity index (χ0) is 23.2. The highest BCUT2D eigenvalue weighted by Crippen LogP contribution is 2.36. The van der Waals surface area contributed by atoms with Gasteiger partial charge in [0.1, 0.15) is 12.2 Å². The number of imidazole rings is 1. The number of aliphatic hydroxyl groups excluding tert-OH is 1. The van der Waals surface area contributed by atoms with Crippen LogP contribution >= 0.6 is 0 Å². The summed E-state index contributed by atoms with van der Waals surface area (Å²) in [5.41, 5.74) is 7.54. The van der Waals surface area contributed by atoms with Crippen LogP contribution in [-0.4, -0.2) is 52.7 Å². The lowest BCUT2D eigenvalue weighted by atomic mass is 10.1. The summed E-state index contributed by atoms with van der Waals surface area (Å²) in [7, 11) is 2.03. The number of aromatic nitrogens is 6. The first-order valence-corrected chi connectivity index (χ1v) is 11.4. The van der Waals surface area contributed by atoms with Crippen molar-refractivity contribution in [2.24, 2.45) is 0 Å². The molecule has 0 bridgehead atoms. The van der Waals surface area contributed by atoms with Crippen LogP contribution in [-0.2, 0) is 13.0 Å². The Morgan fingerprint density at radius 3 is 2.85 bits per heavy atom. The molecule has 4 heterocycles. The molecular weight excluding hydrogens is 426 g/mol. The zero-order valence-electron chi connectivity index (χ0n) is 19.1. The second kappa shape index (κ2) is 8.16. The maximum atomic E-state index is 10.8. The standard InChI is InChI=1S/C26H25N7O/c1-16-6-5-9-20(29-16)25-24(18-10-11-23-27-15-28-33(23)13-18)30-22(31-25)14-32(2)26-19-8-4-3-7-17(19)12-21(26)34/h3-11,13,15,21,26,34H,12,14H2,1-2H3,(H,30,31)/t21-,26-/m0/s1. The number of fused-ring (bicyclic) bond motifs is 2. The number of aromatic amines is 1. The molecule has 0 spiro atoms. The fraction of sp³-hybridized carbons (Fsp3) is 0.231. The molecule has 1 aromatic carbocycles. The molecule has 0 fully saturated rings. The summed E-state index contributed by atoms with van der Waals surface area (Å²) in [4.78, 5) is 19.6. The van der Waals surface area contributed by atoms with Crippen LogP contribution in [0.2, 0.25) is 0 Å². The highest BCUT2D eigenvalue weighted by Gasteiger charge is 2.34. The molecule has 4 aromatic heterocycles. The lowest BCUT2D eigenvalue weighted by molar-refractivity contribution is 0.0713. The van der Waals surface area contributed by atoms with Gasteiger partial charge in [-0.15, -0.1) is 0 Å². The van der Waals surface area contributed by atoms with Gasteiger partial charge >= 0.3 is 0 Å². The van der Waals surface area contributed by atoms with E-state index in [0.717, 1.165) is 39.8 Å². The summed E-state index contributed by atoms with van der Waals surface area (Å²) in [5, 5.41) is 15.1. The molecule has 1 aliphatic carbocycles. The Morgan fingerprint density at radius 1 is 1.09 bits per heavy atom. The first-order chi connectivity index (χ1) is 16.6. The smallest absolute Gasteiger partial charge is 0.155 e. The molecule has 0 saturated carbocycles. The van der Waals surface area contributed by atoms with Gasteiger partial charge in [-0.05, 0) is 49.4 Å². The molecule has 0 saturated heterocycles. The fourth-order valence-corrected chi connectivity index (χ4v) is 4.95. The van der Waals surface area contributed by atoms with E-state index in [0.29, 0.717) is 13.0 Å². The molecule has 8 heteroatoms. The molecule has 170 valence electrons. The van der Waals surface area contributed by atoms with Gasteiger partial charge in [-0.1, -0.05) is 30.3 Å². The number of aliphatic hydroxyl groups is 1. The first kappa shape index (κ1) is 20.7. The van der Waals surface area contributed by atoms with Crippen molar-refractivity contribution in [2.45, 2.75) is 32.0 Å². The van der Waals surface area contributed by atoms with Crippen molar-refractivity contribution < 1.29 is 5.11 Å². The predicted octanol–water partition coefficient (Wildman–Crippen LogP) is 3.58. The Hall–Kier alpha value is -3.88. The van der Waals surface area contributed by atoms with E-state index < -0.39 is 6.10 Å². The fourth-order valence-electron chi connectivity index (χ4n) is 4.95. The average molecular weight is 452 g/mol. The Morgan fingerprint density at radius 2 is 1.97 bits per heavy atom. The minimum Gasteiger partial charge on any atom is -0.391 e. The number of nitrogens with zero attached hydrogens (tertiary/aromatic N) is 6. The number of rotatable bonds is 5. The Bertz CT molecular complexity index is 1490. The Kier molecular flexibility index (Phi) is 4.97. The van der Waals surface area contributed by atoms with Crippen molar-refractivity contribution in [3.63, 3.8) is 0 Å². The average Bonchev–Trinajstić information content (AvgIpc) is 3.54. The maximum absolute atomic E-state index is 10.8. The molecule has 6 rings (SSSR count). The van der Waals surface area contributed by atoms with Gasteiger partial charge in [0.05, 0.1) is 35.8 Å². The van der Waals surface area contributed by atoms with Crippen LogP contribution in [0.15, 0.2) is 67.1 Å². The van der Waals surface area contributed by atoms with Crippen LogP contribution < -0.4 is 0 Å². The van der Waals surface area contributed by atoms with Crippen LogP contribution in [0.3, 0.4) is 0 Å². The summed E-state index contributed by atoms with van der Waals surface area (Å²) in [6.07, 6.45) is 3.70. The van der Waals surface area contributed by atoms with Gasteiger partial charge in [-0.2, -0.15) is 5.10 Å². The third kappa shape index (κ3) is 3.57. The number of likely N-dealkylation sites (N-methyl/N-ethyl adjacent to an activating group) is 1. The molecule has 0 amide bonds. The number of aryl methyl sites for hydroxylation is 1. The zero-order valence-corrected chi connectivity index (χ0v) is 19.1. The van der Waals surface area contributed by atoms with Crippen molar-refractivity contribution in [3.05, 3.63) is 89.8 Å².